The number of ether oxygens (including phenoxy) is 1. The van der Waals surface area contributed by atoms with E-state index in [4.69, 9.17) is 4.74 Å². The van der Waals surface area contributed by atoms with Crippen LogP contribution in [0.3, 0.4) is 0 Å². The van der Waals surface area contributed by atoms with E-state index < -0.39 is 10.0 Å². The highest BCUT2D eigenvalue weighted by molar-refractivity contribution is 7.89. The van der Waals surface area contributed by atoms with Crippen molar-refractivity contribution in [3.05, 3.63) is 18.2 Å². The molecule has 1 aromatic rings. The molecular weight excluding hydrogens is 294 g/mol. The number of sulfonamides is 1. The summed E-state index contributed by atoms with van der Waals surface area (Å²) in [7, 11) is -3.56. The third-order valence-electron chi connectivity index (χ3n) is 3.55. The lowest BCUT2D eigenvalue weighted by Gasteiger charge is -2.31. The smallest absolute Gasteiger partial charge is 0.262 e. The first-order chi connectivity index (χ1) is 9.96. The second kappa shape index (κ2) is 5.28. The molecule has 0 aromatic heterocycles. The number of benzene rings is 1. The number of carbonyl (C=O) groups excluding carboxylic acids is 1. The average Bonchev–Trinajstić information content (AvgIpc) is 2.46. The molecular formula is C13H17N3O4S. The van der Waals surface area contributed by atoms with Gasteiger partial charge >= 0.3 is 0 Å². The van der Waals surface area contributed by atoms with Crippen LogP contribution in [0.5, 0.6) is 5.75 Å². The number of nitrogens with zero attached hydrogens (tertiary/aromatic N) is 1. The van der Waals surface area contributed by atoms with Crippen LogP contribution in [0, 0.1) is 0 Å². The van der Waals surface area contributed by atoms with Crippen LogP contribution in [0.1, 0.15) is 6.92 Å². The van der Waals surface area contributed by atoms with Crippen LogP contribution in [0.15, 0.2) is 23.1 Å². The summed E-state index contributed by atoms with van der Waals surface area (Å²) in [6.45, 7) is 3.40. The van der Waals surface area contributed by atoms with Crippen molar-refractivity contribution in [2.24, 2.45) is 0 Å². The van der Waals surface area contributed by atoms with Crippen molar-refractivity contribution in [2.75, 3.05) is 31.6 Å². The van der Waals surface area contributed by atoms with Crippen molar-refractivity contribution >= 4 is 21.6 Å². The molecule has 21 heavy (non-hydrogen) atoms. The van der Waals surface area contributed by atoms with Gasteiger partial charge in [-0.2, -0.15) is 4.31 Å². The Kier molecular flexibility index (Phi) is 3.60. The second-order valence-corrected chi connectivity index (χ2v) is 7.15. The molecule has 2 aliphatic rings. The van der Waals surface area contributed by atoms with Crippen molar-refractivity contribution < 1.29 is 17.9 Å². The van der Waals surface area contributed by atoms with Crippen LogP contribution < -0.4 is 15.4 Å². The lowest BCUT2D eigenvalue weighted by molar-refractivity contribution is -0.118. The maximum atomic E-state index is 12.6. The molecule has 0 bridgehead atoms. The molecule has 1 atom stereocenters. The van der Waals surface area contributed by atoms with Gasteiger partial charge < -0.3 is 15.4 Å². The summed E-state index contributed by atoms with van der Waals surface area (Å²) in [5.74, 6) is 0.204. The fourth-order valence-corrected chi connectivity index (χ4v) is 4.04. The molecule has 0 unspecified atom stereocenters. The monoisotopic (exact) mass is 311 g/mol. The van der Waals surface area contributed by atoms with Crippen molar-refractivity contribution in [1.29, 1.82) is 0 Å². The van der Waals surface area contributed by atoms with Crippen molar-refractivity contribution in [3.8, 4) is 5.75 Å². The summed E-state index contributed by atoms with van der Waals surface area (Å²) in [6.07, 6.45) is 0. The molecule has 1 amide bonds. The molecule has 7 nitrogen and oxygen atoms in total. The molecule has 1 fully saturated rings. The Labute approximate surface area is 123 Å². The summed E-state index contributed by atoms with van der Waals surface area (Å²) in [4.78, 5) is 11.5. The van der Waals surface area contributed by atoms with Gasteiger partial charge in [-0.05, 0) is 25.1 Å². The van der Waals surface area contributed by atoms with Crippen molar-refractivity contribution in [1.82, 2.24) is 9.62 Å². The normalized spacial score (nSPS) is 23.1. The Morgan fingerprint density at radius 3 is 2.95 bits per heavy atom. The van der Waals surface area contributed by atoms with Crippen molar-refractivity contribution in [2.45, 2.75) is 17.9 Å². The zero-order chi connectivity index (χ0) is 15.0. The number of nitrogens with one attached hydrogen (secondary N) is 2. The number of piperazine rings is 1. The minimum atomic E-state index is -3.56. The number of hydrogen-bond acceptors (Lipinski definition) is 5. The van der Waals surface area contributed by atoms with Crippen LogP contribution in [0.2, 0.25) is 0 Å². The van der Waals surface area contributed by atoms with Crippen LogP contribution >= 0.6 is 0 Å². The molecule has 3 rings (SSSR count). The molecule has 114 valence electrons. The molecule has 1 saturated heterocycles. The van der Waals surface area contributed by atoms with Crippen LogP contribution in [0.4, 0.5) is 5.69 Å². The minimum Gasteiger partial charge on any atom is -0.482 e. The number of carbonyl (C=O) groups is 1. The average molecular weight is 311 g/mol. The summed E-state index contributed by atoms with van der Waals surface area (Å²) >= 11 is 0. The van der Waals surface area contributed by atoms with Gasteiger partial charge in [-0.3, -0.25) is 4.79 Å². The molecule has 2 N–H and O–H groups in total. The Morgan fingerprint density at radius 1 is 1.38 bits per heavy atom. The van der Waals surface area contributed by atoms with E-state index in [1.807, 2.05) is 6.92 Å². The molecule has 2 aliphatic heterocycles. The van der Waals surface area contributed by atoms with E-state index in [0.29, 0.717) is 31.1 Å². The van der Waals surface area contributed by atoms with E-state index in [1.54, 1.807) is 6.07 Å². The zero-order valence-electron chi connectivity index (χ0n) is 11.6. The first-order valence-electron chi connectivity index (χ1n) is 6.77. The first-order valence-corrected chi connectivity index (χ1v) is 8.21. The highest BCUT2D eigenvalue weighted by Crippen LogP contribution is 2.31. The number of fused-ring (bicyclic) bond motifs is 1. The SMILES string of the molecule is C[C@H]1CN(S(=O)(=O)c2ccc3c(c2)NC(=O)CO3)CCN1. The van der Waals surface area contributed by atoms with E-state index in [9.17, 15) is 13.2 Å². The Morgan fingerprint density at radius 2 is 2.19 bits per heavy atom. The highest BCUT2D eigenvalue weighted by Gasteiger charge is 2.29. The van der Waals surface area contributed by atoms with Gasteiger partial charge in [-0.15, -0.1) is 0 Å². The topological polar surface area (TPSA) is 87.7 Å². The third-order valence-corrected chi connectivity index (χ3v) is 5.41. The number of rotatable bonds is 2. The highest BCUT2D eigenvalue weighted by atomic mass is 32.2. The van der Waals surface area contributed by atoms with Gasteiger partial charge in [0.25, 0.3) is 5.91 Å². The first kappa shape index (κ1) is 14.3. The van der Waals surface area contributed by atoms with Gasteiger partial charge in [0.1, 0.15) is 5.75 Å². The van der Waals surface area contributed by atoms with E-state index in [2.05, 4.69) is 10.6 Å². The van der Waals surface area contributed by atoms with Crippen LogP contribution in [-0.2, 0) is 14.8 Å². The van der Waals surface area contributed by atoms with E-state index in [0.717, 1.165) is 0 Å². The number of hydrogen-bond donors (Lipinski definition) is 2. The summed E-state index contributed by atoms with van der Waals surface area (Å²) in [6, 6.07) is 4.66. The fraction of sp³-hybridized carbons (Fsp3) is 0.462. The van der Waals surface area contributed by atoms with Crippen LogP contribution in [0.25, 0.3) is 0 Å². The lowest BCUT2D eigenvalue weighted by atomic mass is 10.2. The second-order valence-electron chi connectivity index (χ2n) is 5.21. The van der Waals surface area contributed by atoms with E-state index in [1.165, 1.54) is 16.4 Å². The summed E-state index contributed by atoms with van der Waals surface area (Å²) in [5.41, 5.74) is 0.399. The van der Waals surface area contributed by atoms with Gasteiger partial charge in [0.05, 0.1) is 10.6 Å². The quantitative estimate of drug-likeness (QED) is 0.803. The van der Waals surface area contributed by atoms with Gasteiger partial charge in [-0.25, -0.2) is 8.42 Å². The van der Waals surface area contributed by atoms with Crippen molar-refractivity contribution in [3.63, 3.8) is 0 Å². The van der Waals surface area contributed by atoms with Gasteiger partial charge in [0.2, 0.25) is 10.0 Å². The van der Waals surface area contributed by atoms with Gasteiger partial charge in [0.15, 0.2) is 6.61 Å². The maximum absolute atomic E-state index is 12.6. The predicted molar refractivity (Wildman–Crippen MR) is 76.8 cm³/mol. The number of amides is 1. The third kappa shape index (κ3) is 2.74. The summed E-state index contributed by atoms with van der Waals surface area (Å²) in [5, 5.41) is 5.83. The molecule has 2 heterocycles. The van der Waals surface area contributed by atoms with Gasteiger partial charge in [-0.1, -0.05) is 0 Å². The molecule has 0 spiro atoms. The minimum absolute atomic E-state index is 0.0472. The largest absolute Gasteiger partial charge is 0.482 e. The summed E-state index contributed by atoms with van der Waals surface area (Å²) < 4.78 is 32.0. The molecule has 1 aromatic carbocycles. The molecule has 0 saturated carbocycles. The standard InChI is InChI=1S/C13H17N3O4S/c1-9-7-16(5-4-14-9)21(18,19)10-2-3-12-11(6-10)15-13(17)8-20-12/h2-3,6,9,14H,4-5,7-8H2,1H3,(H,15,17)/t9-/m0/s1. The lowest BCUT2D eigenvalue weighted by Crippen LogP contribution is -2.51. The Hall–Kier alpha value is -1.64. The zero-order valence-corrected chi connectivity index (χ0v) is 12.4. The molecule has 8 heteroatoms. The Balaban J connectivity index is 1.92. The Bertz CT molecular complexity index is 674. The molecule has 0 radical (unpaired) electrons. The predicted octanol–water partition coefficient (Wildman–Crippen LogP) is -0.0001000. The van der Waals surface area contributed by atoms with E-state index in [-0.39, 0.29) is 23.5 Å². The fourth-order valence-electron chi connectivity index (χ4n) is 2.49. The van der Waals surface area contributed by atoms with E-state index >= 15 is 0 Å². The van der Waals surface area contributed by atoms with Crippen LogP contribution in [-0.4, -0.2) is 50.9 Å². The maximum Gasteiger partial charge on any atom is 0.262 e. The number of anilines is 1. The molecule has 0 aliphatic carbocycles. The van der Waals surface area contributed by atoms with Gasteiger partial charge in [0, 0.05) is 25.7 Å².